The normalized spacial score (nSPS) is 17.5. The van der Waals surface area contributed by atoms with Gasteiger partial charge in [-0.3, -0.25) is 4.68 Å². The van der Waals surface area contributed by atoms with E-state index in [2.05, 4.69) is 44.3 Å². The average Bonchev–Trinajstić information content (AvgIpc) is 3.30. The van der Waals surface area contributed by atoms with E-state index >= 15 is 0 Å². The lowest BCUT2D eigenvalue weighted by Crippen LogP contribution is -2.36. The van der Waals surface area contributed by atoms with Crippen LogP contribution in [0, 0.1) is 11.3 Å². The maximum Gasteiger partial charge on any atom is 0.228 e. The Morgan fingerprint density at radius 2 is 2.19 bits per heavy atom. The first-order chi connectivity index (χ1) is 14.9. The van der Waals surface area contributed by atoms with Crippen LogP contribution in [0.3, 0.4) is 0 Å². The molecule has 1 aromatic carbocycles. The van der Waals surface area contributed by atoms with Gasteiger partial charge in [-0.05, 0) is 49.2 Å². The fourth-order valence-electron chi connectivity index (χ4n) is 4.45. The van der Waals surface area contributed by atoms with Crippen molar-refractivity contribution in [3.63, 3.8) is 0 Å². The molecule has 0 bridgehead atoms. The Balaban J connectivity index is 1.70. The van der Waals surface area contributed by atoms with Crippen molar-refractivity contribution in [3.8, 4) is 17.3 Å². The van der Waals surface area contributed by atoms with Crippen LogP contribution in [-0.4, -0.2) is 56.5 Å². The molecular weight excluding hydrogens is 390 g/mol. The summed E-state index contributed by atoms with van der Waals surface area (Å²) in [5.74, 6) is 1.13. The van der Waals surface area contributed by atoms with Gasteiger partial charge in [0.05, 0.1) is 23.9 Å². The fraction of sp³-hybridized carbons (Fsp3) is 0.391. The summed E-state index contributed by atoms with van der Waals surface area (Å²) in [4.78, 5) is 11.1. The van der Waals surface area contributed by atoms with Crippen LogP contribution in [0.2, 0.25) is 0 Å². The molecule has 0 aliphatic heterocycles. The highest BCUT2D eigenvalue weighted by molar-refractivity contribution is 5.67. The van der Waals surface area contributed by atoms with Crippen LogP contribution in [-0.2, 0) is 18.9 Å². The molecule has 2 heterocycles. The molecule has 1 aliphatic carbocycles. The predicted molar refractivity (Wildman–Crippen MR) is 119 cm³/mol. The lowest BCUT2D eigenvalue weighted by Gasteiger charge is -2.31. The summed E-state index contributed by atoms with van der Waals surface area (Å²) in [7, 11) is 3.87. The van der Waals surface area contributed by atoms with Gasteiger partial charge in [-0.1, -0.05) is 6.92 Å². The molecule has 2 N–H and O–H groups in total. The minimum atomic E-state index is -0.0804. The number of aliphatic hydroxyl groups excluding tert-OH is 1. The maximum absolute atomic E-state index is 9.81. The lowest BCUT2D eigenvalue weighted by molar-refractivity contribution is 0.193. The number of fused-ring (bicyclic) bond motifs is 1. The monoisotopic (exact) mass is 417 g/mol. The summed E-state index contributed by atoms with van der Waals surface area (Å²) in [6, 6.07) is 10.2. The van der Waals surface area contributed by atoms with Gasteiger partial charge in [0, 0.05) is 49.6 Å². The molecule has 3 aromatic rings. The van der Waals surface area contributed by atoms with Crippen molar-refractivity contribution in [1.82, 2.24) is 24.6 Å². The van der Waals surface area contributed by atoms with Crippen LogP contribution in [0.15, 0.2) is 36.7 Å². The highest BCUT2D eigenvalue weighted by Crippen LogP contribution is 2.42. The molecule has 160 valence electrons. The smallest absolute Gasteiger partial charge is 0.228 e. The number of hydrogen-bond acceptors (Lipinski definition) is 7. The molecule has 0 spiro atoms. The summed E-state index contributed by atoms with van der Waals surface area (Å²) in [6.07, 6.45) is 5.42. The Morgan fingerprint density at radius 3 is 2.90 bits per heavy atom. The van der Waals surface area contributed by atoms with E-state index in [-0.39, 0.29) is 12.0 Å². The van der Waals surface area contributed by atoms with Gasteiger partial charge in [-0.2, -0.15) is 10.4 Å². The number of aryl methyl sites for hydroxylation is 1. The Hall–Kier alpha value is -3.28. The number of anilines is 2. The van der Waals surface area contributed by atoms with Crippen molar-refractivity contribution in [2.75, 3.05) is 32.1 Å². The second-order valence-electron chi connectivity index (χ2n) is 8.45. The van der Waals surface area contributed by atoms with Gasteiger partial charge in [-0.25, -0.2) is 9.97 Å². The van der Waals surface area contributed by atoms with Crippen molar-refractivity contribution in [1.29, 1.82) is 5.26 Å². The van der Waals surface area contributed by atoms with E-state index in [9.17, 15) is 10.4 Å². The molecule has 2 aromatic heterocycles. The molecular formula is C23H27N7O. The standard InChI is InChI=1S/C23H27N7O/c1-23(15-29(2)10-11-31)7-4-18-17(14-24)12-16(13-19(18)23)20-5-8-25-22(26-20)27-21-6-9-30(3)28-21/h5-6,8-9,12-13,31H,4,7,10-11,15H2,1-3H3,(H,25,26,27,28)/t23-/m0/s1. The Labute approximate surface area is 182 Å². The molecule has 0 radical (unpaired) electrons. The summed E-state index contributed by atoms with van der Waals surface area (Å²) in [6.45, 7) is 3.83. The van der Waals surface area contributed by atoms with Crippen LogP contribution >= 0.6 is 0 Å². The molecule has 0 amide bonds. The van der Waals surface area contributed by atoms with Crippen molar-refractivity contribution in [2.24, 2.45) is 7.05 Å². The first-order valence-corrected chi connectivity index (χ1v) is 10.4. The number of rotatable bonds is 7. The number of aliphatic hydroxyl groups is 1. The third-order valence-electron chi connectivity index (χ3n) is 5.95. The van der Waals surface area contributed by atoms with E-state index in [1.807, 2.05) is 38.5 Å². The fourth-order valence-corrected chi connectivity index (χ4v) is 4.45. The average molecular weight is 418 g/mol. The number of likely N-dealkylation sites (N-methyl/N-ethyl adjacent to an activating group) is 1. The van der Waals surface area contributed by atoms with Crippen LogP contribution in [0.4, 0.5) is 11.8 Å². The van der Waals surface area contributed by atoms with Crippen LogP contribution in [0.25, 0.3) is 11.3 Å². The molecule has 8 heteroatoms. The van der Waals surface area contributed by atoms with Crippen LogP contribution < -0.4 is 5.32 Å². The number of aromatic nitrogens is 4. The van der Waals surface area contributed by atoms with E-state index in [0.717, 1.165) is 36.2 Å². The molecule has 1 atom stereocenters. The second kappa shape index (κ2) is 8.46. The first kappa shape index (κ1) is 21.0. The molecule has 0 saturated carbocycles. The highest BCUT2D eigenvalue weighted by atomic mass is 16.3. The molecule has 0 unspecified atom stereocenters. The maximum atomic E-state index is 9.81. The number of benzene rings is 1. The van der Waals surface area contributed by atoms with Gasteiger partial charge in [0.25, 0.3) is 0 Å². The number of nitrogens with one attached hydrogen (secondary N) is 1. The van der Waals surface area contributed by atoms with E-state index < -0.39 is 0 Å². The third-order valence-corrected chi connectivity index (χ3v) is 5.95. The van der Waals surface area contributed by atoms with E-state index in [1.165, 1.54) is 5.56 Å². The summed E-state index contributed by atoms with van der Waals surface area (Å²) < 4.78 is 1.71. The lowest BCUT2D eigenvalue weighted by atomic mass is 9.82. The van der Waals surface area contributed by atoms with Crippen molar-refractivity contribution in [3.05, 3.63) is 53.3 Å². The Bertz CT molecular complexity index is 1130. The van der Waals surface area contributed by atoms with Gasteiger partial charge >= 0.3 is 0 Å². The molecule has 0 saturated heterocycles. The first-order valence-electron chi connectivity index (χ1n) is 10.4. The van der Waals surface area contributed by atoms with Gasteiger partial charge in [-0.15, -0.1) is 0 Å². The predicted octanol–water partition coefficient (Wildman–Crippen LogP) is 2.62. The summed E-state index contributed by atoms with van der Waals surface area (Å²) >= 11 is 0. The Morgan fingerprint density at radius 1 is 1.35 bits per heavy atom. The SMILES string of the molecule is CN(CCO)C[C@]1(C)CCc2c(C#N)cc(-c3ccnc(Nc4ccn(C)n4)n3)cc21. The van der Waals surface area contributed by atoms with E-state index in [1.54, 1.807) is 10.9 Å². The summed E-state index contributed by atoms with van der Waals surface area (Å²) in [5.41, 5.74) is 4.61. The van der Waals surface area contributed by atoms with Gasteiger partial charge in [0.15, 0.2) is 5.82 Å². The zero-order valence-electron chi connectivity index (χ0n) is 18.1. The van der Waals surface area contributed by atoms with Crippen molar-refractivity contribution < 1.29 is 5.11 Å². The number of nitrogens with zero attached hydrogens (tertiary/aromatic N) is 6. The number of hydrogen-bond donors (Lipinski definition) is 2. The van der Waals surface area contributed by atoms with Crippen molar-refractivity contribution >= 4 is 11.8 Å². The minimum absolute atomic E-state index is 0.0804. The van der Waals surface area contributed by atoms with Gasteiger partial charge in [0.2, 0.25) is 5.95 Å². The van der Waals surface area contributed by atoms with E-state index in [4.69, 9.17) is 0 Å². The molecule has 31 heavy (non-hydrogen) atoms. The quantitative estimate of drug-likeness (QED) is 0.609. The highest BCUT2D eigenvalue weighted by Gasteiger charge is 2.37. The second-order valence-corrected chi connectivity index (χ2v) is 8.45. The van der Waals surface area contributed by atoms with Gasteiger partial charge in [0.1, 0.15) is 0 Å². The van der Waals surface area contributed by atoms with E-state index in [0.29, 0.717) is 23.9 Å². The minimum Gasteiger partial charge on any atom is -0.395 e. The van der Waals surface area contributed by atoms with Crippen LogP contribution in [0.5, 0.6) is 0 Å². The molecule has 8 nitrogen and oxygen atoms in total. The van der Waals surface area contributed by atoms with Gasteiger partial charge < -0.3 is 15.3 Å². The molecule has 1 aliphatic rings. The largest absolute Gasteiger partial charge is 0.395 e. The number of nitriles is 1. The zero-order chi connectivity index (χ0) is 22.0. The topological polar surface area (TPSA) is 103 Å². The summed E-state index contributed by atoms with van der Waals surface area (Å²) in [5, 5.41) is 26.5. The van der Waals surface area contributed by atoms with Crippen molar-refractivity contribution in [2.45, 2.75) is 25.2 Å². The van der Waals surface area contributed by atoms with Crippen LogP contribution in [0.1, 0.15) is 30.0 Å². The third kappa shape index (κ3) is 4.29. The molecule has 4 rings (SSSR count). The Kier molecular flexibility index (Phi) is 5.72. The molecule has 0 fully saturated rings. The zero-order valence-corrected chi connectivity index (χ0v) is 18.1.